The van der Waals surface area contributed by atoms with E-state index in [1.54, 1.807) is 17.8 Å². The largest absolute Gasteiger partial charge is 0.367 e. The molecule has 5 rings (SSSR count). The van der Waals surface area contributed by atoms with Crippen LogP contribution in [0, 0.1) is 0 Å². The highest BCUT2D eigenvalue weighted by Crippen LogP contribution is 2.30. The van der Waals surface area contributed by atoms with Crippen molar-refractivity contribution in [3.63, 3.8) is 0 Å². The van der Waals surface area contributed by atoms with Gasteiger partial charge in [0.15, 0.2) is 0 Å². The molecule has 190 valence electrons. The van der Waals surface area contributed by atoms with E-state index in [4.69, 9.17) is 4.98 Å². The Hall–Kier alpha value is -4.06. The van der Waals surface area contributed by atoms with Gasteiger partial charge in [-0.05, 0) is 48.8 Å². The third-order valence-electron chi connectivity index (χ3n) is 6.74. The Kier molecular flexibility index (Phi) is 7.97. The maximum absolute atomic E-state index is 12.1. The Morgan fingerprint density at radius 3 is 2.49 bits per heavy atom. The molecule has 1 aliphatic rings. The van der Waals surface area contributed by atoms with E-state index >= 15 is 0 Å². The summed E-state index contributed by atoms with van der Waals surface area (Å²) in [5.74, 6) is 0.663. The van der Waals surface area contributed by atoms with E-state index in [0.29, 0.717) is 5.82 Å². The average molecular weight is 494 g/mol. The van der Waals surface area contributed by atoms with Gasteiger partial charge < -0.3 is 4.90 Å². The molecule has 0 aliphatic carbocycles. The Balaban J connectivity index is 0.00000102. The number of aromatic nitrogens is 4. The highest BCUT2D eigenvalue weighted by Gasteiger charge is 2.21. The molecule has 6 nitrogen and oxygen atoms in total. The normalized spacial score (nSPS) is 13.4. The maximum atomic E-state index is 12.1. The second-order valence-electron chi connectivity index (χ2n) is 9.49. The summed E-state index contributed by atoms with van der Waals surface area (Å²) in [5.41, 5.74) is 8.30. The first kappa shape index (κ1) is 26.0. The molecule has 4 heterocycles. The number of hydrogen-bond acceptors (Lipinski definition) is 5. The zero-order valence-corrected chi connectivity index (χ0v) is 22.5. The van der Waals surface area contributed by atoms with Crippen LogP contribution < -0.4 is 5.56 Å². The summed E-state index contributed by atoms with van der Waals surface area (Å²) in [7, 11) is 1.75. The second-order valence-corrected chi connectivity index (χ2v) is 9.49. The van der Waals surface area contributed by atoms with Gasteiger partial charge in [0.05, 0.1) is 5.52 Å². The minimum atomic E-state index is -0.0727. The summed E-state index contributed by atoms with van der Waals surface area (Å²) in [5, 5.41) is 1.12. The van der Waals surface area contributed by atoms with Gasteiger partial charge in [-0.2, -0.15) is 0 Å². The quantitative estimate of drug-likeness (QED) is 0.318. The first-order valence-corrected chi connectivity index (χ1v) is 12.8. The number of fused-ring (bicyclic) bond motifs is 2. The molecule has 0 fully saturated rings. The number of nitrogens with zero attached hydrogens (tertiary/aromatic N) is 5. The predicted octanol–water partition coefficient (Wildman–Crippen LogP) is 6.17. The molecule has 6 heteroatoms. The van der Waals surface area contributed by atoms with E-state index in [0.717, 1.165) is 64.1 Å². The highest BCUT2D eigenvalue weighted by atomic mass is 16.1. The molecule has 0 radical (unpaired) electrons. The van der Waals surface area contributed by atoms with Gasteiger partial charge >= 0.3 is 0 Å². The standard InChI is InChI=1S/C28H27N5O.C3H8/c1-18(19(2)28-29-11-9-27(34)32(28)4)20(3)33-12-10-26-24(17-33)14-23(16-31-26)22-13-21-7-5-6-8-25(21)30-15-22;1-3-2/h5-9,11,13-16H,3,10,12,17H2,1-2,4H3;3H2,1-2H3/b19-18-;. The van der Waals surface area contributed by atoms with Gasteiger partial charge in [-0.1, -0.05) is 45.0 Å². The van der Waals surface area contributed by atoms with Crippen LogP contribution in [0.25, 0.3) is 27.6 Å². The first-order valence-electron chi connectivity index (χ1n) is 12.8. The fraction of sp³-hybridized carbons (Fsp3) is 0.290. The van der Waals surface area contributed by atoms with E-state index in [2.05, 4.69) is 53.5 Å². The number of benzene rings is 1. The Morgan fingerprint density at radius 1 is 1.00 bits per heavy atom. The van der Waals surface area contributed by atoms with Gasteiger partial charge in [-0.15, -0.1) is 0 Å². The van der Waals surface area contributed by atoms with E-state index in [-0.39, 0.29) is 5.56 Å². The monoisotopic (exact) mass is 493 g/mol. The fourth-order valence-corrected chi connectivity index (χ4v) is 4.49. The second kappa shape index (κ2) is 11.3. The zero-order valence-electron chi connectivity index (χ0n) is 22.5. The van der Waals surface area contributed by atoms with E-state index < -0.39 is 0 Å². The molecule has 1 aromatic carbocycles. The van der Waals surface area contributed by atoms with Gasteiger partial charge in [0.25, 0.3) is 5.56 Å². The minimum Gasteiger partial charge on any atom is -0.367 e. The molecular formula is C31H35N5O. The van der Waals surface area contributed by atoms with Crippen LogP contribution in [0.1, 0.15) is 51.2 Å². The van der Waals surface area contributed by atoms with Crippen molar-refractivity contribution in [2.24, 2.45) is 7.05 Å². The van der Waals surface area contributed by atoms with E-state index in [1.807, 2.05) is 44.4 Å². The molecule has 0 bridgehead atoms. The summed E-state index contributed by atoms with van der Waals surface area (Å²) in [6, 6.07) is 14.0. The SMILES string of the molecule is C=C(/C(C)=C(/C)c1nccc(=O)n1C)N1CCc2ncc(-c3cnc4ccccc4c3)cc2C1.CCC. The van der Waals surface area contributed by atoms with Crippen molar-refractivity contribution in [1.82, 2.24) is 24.4 Å². The van der Waals surface area contributed by atoms with Crippen molar-refractivity contribution >= 4 is 16.5 Å². The predicted molar refractivity (Wildman–Crippen MR) is 152 cm³/mol. The summed E-state index contributed by atoms with van der Waals surface area (Å²) >= 11 is 0. The lowest BCUT2D eigenvalue weighted by molar-refractivity contribution is 0.326. The van der Waals surface area contributed by atoms with Crippen LogP contribution in [0.5, 0.6) is 0 Å². The zero-order chi connectivity index (χ0) is 26.5. The first-order chi connectivity index (χ1) is 17.8. The van der Waals surface area contributed by atoms with Crippen LogP contribution in [0.4, 0.5) is 0 Å². The van der Waals surface area contributed by atoms with Crippen molar-refractivity contribution in [3.05, 3.63) is 106 Å². The van der Waals surface area contributed by atoms with Crippen LogP contribution in [-0.4, -0.2) is 31.0 Å². The molecule has 0 N–H and O–H groups in total. The van der Waals surface area contributed by atoms with E-state index in [9.17, 15) is 4.79 Å². The number of rotatable bonds is 4. The van der Waals surface area contributed by atoms with Gasteiger partial charge in [-0.25, -0.2) is 4.98 Å². The molecule has 0 unspecified atom stereocenters. The molecular weight excluding hydrogens is 458 g/mol. The maximum Gasteiger partial charge on any atom is 0.253 e. The number of allylic oxidation sites excluding steroid dienone is 2. The molecule has 0 saturated heterocycles. The number of para-hydroxylation sites is 1. The summed E-state index contributed by atoms with van der Waals surface area (Å²) in [6.07, 6.45) is 7.53. The van der Waals surface area contributed by atoms with E-state index in [1.165, 1.54) is 18.1 Å². The van der Waals surface area contributed by atoms with Crippen molar-refractivity contribution in [2.75, 3.05) is 6.54 Å². The molecule has 0 atom stereocenters. The summed E-state index contributed by atoms with van der Waals surface area (Å²) < 4.78 is 1.57. The topological polar surface area (TPSA) is 63.9 Å². The average Bonchev–Trinajstić information content (AvgIpc) is 2.93. The Labute approximate surface area is 219 Å². The fourth-order valence-electron chi connectivity index (χ4n) is 4.49. The molecule has 1 aliphatic heterocycles. The molecule has 0 saturated carbocycles. The van der Waals surface area contributed by atoms with Crippen molar-refractivity contribution in [1.29, 1.82) is 0 Å². The number of pyridine rings is 2. The minimum absolute atomic E-state index is 0.0727. The lowest BCUT2D eigenvalue weighted by Crippen LogP contribution is -2.31. The van der Waals surface area contributed by atoms with Crippen LogP contribution >= 0.6 is 0 Å². The smallest absolute Gasteiger partial charge is 0.253 e. The third-order valence-corrected chi connectivity index (χ3v) is 6.74. The Morgan fingerprint density at radius 2 is 1.70 bits per heavy atom. The van der Waals surface area contributed by atoms with Crippen LogP contribution in [-0.2, 0) is 20.0 Å². The van der Waals surface area contributed by atoms with Crippen LogP contribution in [0.3, 0.4) is 0 Å². The lowest BCUT2D eigenvalue weighted by Gasteiger charge is -2.33. The summed E-state index contributed by atoms with van der Waals surface area (Å²) in [4.78, 5) is 28.1. The third kappa shape index (κ3) is 5.53. The summed E-state index contributed by atoms with van der Waals surface area (Å²) in [6.45, 7) is 14.3. The van der Waals surface area contributed by atoms with Crippen molar-refractivity contribution < 1.29 is 0 Å². The van der Waals surface area contributed by atoms with Crippen molar-refractivity contribution in [3.8, 4) is 11.1 Å². The molecule has 4 aromatic rings. The van der Waals surface area contributed by atoms with Gasteiger partial charge in [-0.3, -0.25) is 19.3 Å². The molecule has 3 aromatic heterocycles. The molecule has 0 spiro atoms. The highest BCUT2D eigenvalue weighted by molar-refractivity contribution is 5.83. The van der Waals surface area contributed by atoms with Gasteiger partial charge in [0, 0.05) is 79.1 Å². The van der Waals surface area contributed by atoms with Crippen LogP contribution in [0.15, 0.2) is 83.7 Å². The van der Waals surface area contributed by atoms with Crippen LogP contribution in [0.2, 0.25) is 0 Å². The lowest BCUT2D eigenvalue weighted by atomic mass is 9.98. The number of hydrogen-bond donors (Lipinski definition) is 0. The molecule has 37 heavy (non-hydrogen) atoms. The van der Waals surface area contributed by atoms with Gasteiger partial charge in [0.1, 0.15) is 5.82 Å². The van der Waals surface area contributed by atoms with Gasteiger partial charge in [0.2, 0.25) is 0 Å². The van der Waals surface area contributed by atoms with Crippen molar-refractivity contribution in [2.45, 2.75) is 47.1 Å². The Bertz CT molecular complexity index is 1530. The molecule has 0 amide bonds.